The molecule has 0 bridgehead atoms. The molecule has 1 saturated heterocycles. The number of hydrogen-bond donors (Lipinski definition) is 1. The van der Waals surface area contributed by atoms with Crippen LogP contribution in [0.5, 0.6) is 0 Å². The van der Waals surface area contributed by atoms with Crippen molar-refractivity contribution in [3.63, 3.8) is 0 Å². The van der Waals surface area contributed by atoms with Gasteiger partial charge >= 0.3 is 0 Å². The first kappa shape index (κ1) is 14.0. The van der Waals surface area contributed by atoms with E-state index in [1.807, 2.05) is 0 Å². The average molecular weight is 226 g/mol. The van der Waals surface area contributed by atoms with Crippen LogP contribution < -0.4 is 5.73 Å². The molecule has 0 saturated carbocycles. The van der Waals surface area contributed by atoms with Crippen molar-refractivity contribution in [1.82, 2.24) is 4.90 Å². The number of hydrogen-bond acceptors (Lipinski definition) is 2. The molecule has 2 heteroatoms. The van der Waals surface area contributed by atoms with Crippen LogP contribution in [-0.4, -0.2) is 30.6 Å². The molecule has 0 aromatic carbocycles. The summed E-state index contributed by atoms with van der Waals surface area (Å²) in [6, 6.07) is 0.826. The highest BCUT2D eigenvalue weighted by Gasteiger charge is 2.24. The third-order valence-corrected chi connectivity index (χ3v) is 3.81. The van der Waals surface area contributed by atoms with Gasteiger partial charge in [-0.1, -0.05) is 32.6 Å². The van der Waals surface area contributed by atoms with Crippen LogP contribution in [0.2, 0.25) is 0 Å². The predicted octanol–water partition coefficient (Wildman–Crippen LogP) is 3.02. The fourth-order valence-electron chi connectivity index (χ4n) is 2.86. The fourth-order valence-corrected chi connectivity index (χ4v) is 2.86. The highest BCUT2D eigenvalue weighted by atomic mass is 15.2. The van der Waals surface area contributed by atoms with Gasteiger partial charge in [0.15, 0.2) is 0 Å². The van der Waals surface area contributed by atoms with Crippen molar-refractivity contribution in [2.75, 3.05) is 19.6 Å². The number of unbranched alkanes of at least 4 members (excludes halogenated alkanes) is 5. The molecular formula is C14H30N2. The topological polar surface area (TPSA) is 29.3 Å². The molecule has 0 radical (unpaired) electrons. The Morgan fingerprint density at radius 1 is 1.00 bits per heavy atom. The molecule has 2 nitrogen and oxygen atoms in total. The van der Waals surface area contributed by atoms with E-state index in [4.69, 9.17) is 5.73 Å². The zero-order valence-corrected chi connectivity index (χ0v) is 11.3. The van der Waals surface area contributed by atoms with Gasteiger partial charge in [-0.3, -0.25) is 0 Å². The maximum absolute atomic E-state index is 5.47. The minimum Gasteiger partial charge on any atom is -0.330 e. The Labute approximate surface area is 102 Å². The third-order valence-electron chi connectivity index (χ3n) is 3.81. The summed E-state index contributed by atoms with van der Waals surface area (Å²) in [5.41, 5.74) is 5.47. The highest BCUT2D eigenvalue weighted by Crippen LogP contribution is 2.22. The van der Waals surface area contributed by atoms with Crippen molar-refractivity contribution in [3.05, 3.63) is 0 Å². The van der Waals surface area contributed by atoms with E-state index in [-0.39, 0.29) is 0 Å². The number of nitrogens with zero attached hydrogens (tertiary/aromatic N) is 1. The summed E-state index contributed by atoms with van der Waals surface area (Å²) in [5, 5.41) is 0. The zero-order valence-electron chi connectivity index (χ0n) is 11.3. The van der Waals surface area contributed by atoms with Gasteiger partial charge in [0.2, 0.25) is 0 Å². The van der Waals surface area contributed by atoms with Gasteiger partial charge in [-0.2, -0.15) is 0 Å². The van der Waals surface area contributed by atoms with Gasteiger partial charge in [-0.05, 0) is 45.2 Å². The van der Waals surface area contributed by atoms with Crippen molar-refractivity contribution in [3.8, 4) is 0 Å². The van der Waals surface area contributed by atoms with E-state index >= 15 is 0 Å². The lowest BCUT2D eigenvalue weighted by Crippen LogP contribution is -2.28. The Morgan fingerprint density at radius 2 is 1.62 bits per heavy atom. The van der Waals surface area contributed by atoms with Gasteiger partial charge in [0.1, 0.15) is 0 Å². The molecule has 0 spiro atoms. The van der Waals surface area contributed by atoms with Crippen LogP contribution in [0, 0.1) is 5.92 Å². The largest absolute Gasteiger partial charge is 0.330 e. The molecule has 0 aliphatic carbocycles. The molecular weight excluding hydrogens is 196 g/mol. The molecule has 1 aliphatic rings. The molecule has 2 N–H and O–H groups in total. The summed E-state index contributed by atoms with van der Waals surface area (Å²) in [7, 11) is 0. The van der Waals surface area contributed by atoms with Crippen LogP contribution in [-0.2, 0) is 0 Å². The second-order valence-electron chi connectivity index (χ2n) is 5.59. The van der Waals surface area contributed by atoms with Gasteiger partial charge in [-0.15, -0.1) is 0 Å². The zero-order chi connectivity index (χ0) is 11.8. The molecule has 96 valence electrons. The molecule has 1 fully saturated rings. The molecule has 0 unspecified atom stereocenters. The predicted molar refractivity (Wildman–Crippen MR) is 71.6 cm³/mol. The lowest BCUT2D eigenvalue weighted by molar-refractivity contribution is 0.258. The Hall–Kier alpha value is -0.0800. The Morgan fingerprint density at radius 3 is 2.19 bits per heavy atom. The van der Waals surface area contributed by atoms with Crippen LogP contribution in [0.1, 0.15) is 58.8 Å². The number of rotatable bonds is 8. The van der Waals surface area contributed by atoms with E-state index in [0.29, 0.717) is 0 Å². The van der Waals surface area contributed by atoms with Crippen LogP contribution in [0.4, 0.5) is 0 Å². The lowest BCUT2D eigenvalue weighted by atomic mass is 10.1. The maximum atomic E-state index is 5.47. The van der Waals surface area contributed by atoms with Crippen LogP contribution >= 0.6 is 0 Å². The smallest absolute Gasteiger partial charge is 0.00700 e. The van der Waals surface area contributed by atoms with E-state index in [9.17, 15) is 0 Å². The molecule has 0 aromatic rings. The average Bonchev–Trinajstić information content (AvgIpc) is 2.56. The van der Waals surface area contributed by atoms with Crippen molar-refractivity contribution in [2.45, 2.75) is 64.8 Å². The molecule has 0 aromatic heterocycles. The van der Waals surface area contributed by atoms with Crippen LogP contribution in [0.3, 0.4) is 0 Å². The summed E-state index contributed by atoms with van der Waals surface area (Å²) in [5.74, 6) is 0.916. The van der Waals surface area contributed by atoms with E-state index in [2.05, 4.69) is 18.7 Å². The standard InChI is InChI=1S/C14H30N2/c1-13-11-14(2)16(12-13)10-8-6-4-3-5-7-9-15/h13-14H,3-12,15H2,1-2H3/t13-,14+/m0/s1. The second kappa shape index (κ2) is 8.08. The fraction of sp³-hybridized carbons (Fsp3) is 1.00. The van der Waals surface area contributed by atoms with E-state index in [1.54, 1.807) is 0 Å². The number of nitrogens with two attached hydrogens (primary N) is 1. The van der Waals surface area contributed by atoms with Gasteiger partial charge in [0.25, 0.3) is 0 Å². The second-order valence-corrected chi connectivity index (χ2v) is 5.59. The normalized spacial score (nSPS) is 26.4. The minimum atomic E-state index is 0.826. The van der Waals surface area contributed by atoms with Crippen molar-refractivity contribution in [1.29, 1.82) is 0 Å². The third kappa shape index (κ3) is 5.31. The Kier molecular flexibility index (Phi) is 7.06. The highest BCUT2D eigenvalue weighted by molar-refractivity contribution is 4.79. The van der Waals surface area contributed by atoms with Gasteiger partial charge in [0.05, 0.1) is 0 Å². The van der Waals surface area contributed by atoms with Crippen LogP contribution in [0.25, 0.3) is 0 Å². The summed E-state index contributed by atoms with van der Waals surface area (Å²) >= 11 is 0. The lowest BCUT2D eigenvalue weighted by Gasteiger charge is -2.20. The quantitative estimate of drug-likeness (QED) is 0.645. The van der Waals surface area contributed by atoms with Crippen molar-refractivity contribution in [2.24, 2.45) is 11.7 Å². The van der Waals surface area contributed by atoms with Gasteiger partial charge < -0.3 is 10.6 Å². The number of likely N-dealkylation sites (tertiary alicyclic amines) is 1. The Balaban J connectivity index is 1.91. The van der Waals surface area contributed by atoms with Crippen molar-refractivity contribution >= 4 is 0 Å². The van der Waals surface area contributed by atoms with E-state index in [0.717, 1.165) is 18.5 Å². The minimum absolute atomic E-state index is 0.826. The molecule has 0 amide bonds. The van der Waals surface area contributed by atoms with Crippen LogP contribution in [0.15, 0.2) is 0 Å². The van der Waals surface area contributed by atoms with Gasteiger partial charge in [-0.25, -0.2) is 0 Å². The first-order valence-electron chi connectivity index (χ1n) is 7.18. The summed E-state index contributed by atoms with van der Waals surface area (Å²) < 4.78 is 0. The summed E-state index contributed by atoms with van der Waals surface area (Å²) in [4.78, 5) is 2.67. The molecule has 1 heterocycles. The van der Waals surface area contributed by atoms with Crippen molar-refractivity contribution < 1.29 is 0 Å². The maximum Gasteiger partial charge on any atom is 0.00700 e. The van der Waals surface area contributed by atoms with Gasteiger partial charge in [0, 0.05) is 12.6 Å². The molecule has 2 atom stereocenters. The monoisotopic (exact) mass is 226 g/mol. The molecule has 1 aliphatic heterocycles. The first-order valence-corrected chi connectivity index (χ1v) is 7.18. The Bertz CT molecular complexity index is 170. The van der Waals surface area contributed by atoms with E-state index in [1.165, 1.54) is 58.0 Å². The van der Waals surface area contributed by atoms with E-state index < -0.39 is 0 Å². The first-order chi connectivity index (χ1) is 7.74. The molecule has 16 heavy (non-hydrogen) atoms. The summed E-state index contributed by atoms with van der Waals surface area (Å²) in [6.07, 6.45) is 9.51. The summed E-state index contributed by atoms with van der Waals surface area (Å²) in [6.45, 7) is 8.27. The SMILES string of the molecule is C[C@H]1C[C@@H](C)N(CCCCCCCCN)C1. The molecule has 1 rings (SSSR count).